The normalized spacial score (nSPS) is 11.7. The molecule has 0 saturated carbocycles. The molecule has 0 spiro atoms. The number of primary sulfonamides is 1. The quantitative estimate of drug-likeness (QED) is 0.684. The van der Waals surface area contributed by atoms with E-state index in [4.69, 9.17) is 5.14 Å². The van der Waals surface area contributed by atoms with Gasteiger partial charge in [0.15, 0.2) is 0 Å². The van der Waals surface area contributed by atoms with Gasteiger partial charge in [0.2, 0.25) is 10.0 Å². The maximum absolute atomic E-state index is 11.2. The lowest BCUT2D eigenvalue weighted by atomic mass is 10.1. The van der Waals surface area contributed by atoms with Gasteiger partial charge in [0.05, 0.1) is 4.90 Å². The summed E-state index contributed by atoms with van der Waals surface area (Å²) in [4.78, 5) is 0.176. The van der Waals surface area contributed by atoms with Crippen molar-refractivity contribution in [2.24, 2.45) is 5.14 Å². The fourth-order valence-electron chi connectivity index (χ4n) is 1.92. The number of hydrogen-bond acceptors (Lipinski definition) is 3. The van der Waals surface area contributed by atoms with Crippen LogP contribution in [0.1, 0.15) is 44.6 Å². The van der Waals surface area contributed by atoms with E-state index < -0.39 is 10.0 Å². The summed E-state index contributed by atoms with van der Waals surface area (Å²) in [6.45, 7) is 3.84. The molecule has 1 aromatic rings. The molecular formula is C14H24N2O2S. The third-order valence-electron chi connectivity index (χ3n) is 3.01. The van der Waals surface area contributed by atoms with E-state index in [9.17, 15) is 8.42 Å². The molecule has 0 bridgehead atoms. The number of unbranched alkanes of at least 4 members (excludes halogenated alkanes) is 4. The van der Waals surface area contributed by atoms with Crippen LogP contribution in [0.25, 0.3) is 0 Å². The van der Waals surface area contributed by atoms with Crippen LogP contribution < -0.4 is 10.5 Å². The van der Waals surface area contributed by atoms with E-state index in [0.29, 0.717) is 6.54 Å². The molecule has 108 valence electrons. The van der Waals surface area contributed by atoms with Crippen LogP contribution in [0.15, 0.2) is 29.2 Å². The Balaban J connectivity index is 2.30. The molecular weight excluding hydrogens is 260 g/mol. The maximum atomic E-state index is 11.2. The van der Waals surface area contributed by atoms with Crippen molar-refractivity contribution < 1.29 is 8.42 Å². The highest BCUT2D eigenvalue weighted by atomic mass is 32.2. The largest absolute Gasteiger partial charge is 0.313 e. The summed E-state index contributed by atoms with van der Waals surface area (Å²) < 4.78 is 22.4. The zero-order valence-electron chi connectivity index (χ0n) is 11.6. The molecule has 0 aliphatic rings. The second-order valence-corrected chi connectivity index (χ2v) is 6.34. The molecule has 5 heteroatoms. The van der Waals surface area contributed by atoms with Gasteiger partial charge < -0.3 is 5.32 Å². The van der Waals surface area contributed by atoms with Crippen LogP contribution in [0.2, 0.25) is 0 Å². The number of benzene rings is 1. The lowest BCUT2D eigenvalue weighted by Crippen LogP contribution is -2.16. The highest BCUT2D eigenvalue weighted by Crippen LogP contribution is 2.09. The molecule has 19 heavy (non-hydrogen) atoms. The summed E-state index contributed by atoms with van der Waals surface area (Å²) in [5.74, 6) is 0. The number of nitrogens with one attached hydrogen (secondary N) is 1. The summed E-state index contributed by atoms with van der Waals surface area (Å²) in [5, 5.41) is 8.42. The number of nitrogens with two attached hydrogens (primary N) is 1. The van der Waals surface area contributed by atoms with E-state index >= 15 is 0 Å². The highest BCUT2D eigenvalue weighted by Gasteiger charge is 2.07. The van der Waals surface area contributed by atoms with E-state index in [1.807, 2.05) is 6.07 Å². The van der Waals surface area contributed by atoms with Gasteiger partial charge in [-0.15, -0.1) is 0 Å². The molecule has 4 nitrogen and oxygen atoms in total. The first-order valence-corrected chi connectivity index (χ1v) is 8.41. The molecule has 0 aliphatic carbocycles. The first-order chi connectivity index (χ1) is 9.04. The fourth-order valence-corrected chi connectivity index (χ4v) is 2.50. The summed E-state index contributed by atoms with van der Waals surface area (Å²) in [6, 6.07) is 6.76. The Morgan fingerprint density at radius 1 is 1.16 bits per heavy atom. The van der Waals surface area contributed by atoms with Crippen molar-refractivity contribution in [2.45, 2.75) is 50.5 Å². The monoisotopic (exact) mass is 284 g/mol. The lowest BCUT2D eigenvalue weighted by molar-refractivity contribution is 0.582. The van der Waals surface area contributed by atoms with Crippen LogP contribution in [0.3, 0.4) is 0 Å². The van der Waals surface area contributed by atoms with Crippen molar-refractivity contribution in [1.29, 1.82) is 0 Å². The van der Waals surface area contributed by atoms with Crippen molar-refractivity contribution in [3.05, 3.63) is 29.8 Å². The van der Waals surface area contributed by atoms with Crippen molar-refractivity contribution >= 4 is 10.0 Å². The van der Waals surface area contributed by atoms with Crippen LogP contribution in [0.5, 0.6) is 0 Å². The Morgan fingerprint density at radius 2 is 1.89 bits per heavy atom. The van der Waals surface area contributed by atoms with Crippen LogP contribution in [0, 0.1) is 0 Å². The van der Waals surface area contributed by atoms with Gasteiger partial charge >= 0.3 is 0 Å². The minimum atomic E-state index is -3.60. The summed E-state index contributed by atoms with van der Waals surface area (Å²) >= 11 is 0. The van der Waals surface area contributed by atoms with Gasteiger partial charge in [-0.05, 0) is 30.7 Å². The molecule has 0 radical (unpaired) electrons. The smallest absolute Gasteiger partial charge is 0.238 e. The van der Waals surface area contributed by atoms with Crippen molar-refractivity contribution in [3.8, 4) is 0 Å². The Kier molecular flexibility index (Phi) is 7.05. The molecule has 0 heterocycles. The van der Waals surface area contributed by atoms with E-state index in [1.54, 1.807) is 12.1 Å². The van der Waals surface area contributed by atoms with Gasteiger partial charge in [0.1, 0.15) is 0 Å². The molecule has 1 aromatic carbocycles. The van der Waals surface area contributed by atoms with Crippen LogP contribution >= 0.6 is 0 Å². The average molecular weight is 284 g/mol. The number of hydrogen-bond donors (Lipinski definition) is 2. The van der Waals surface area contributed by atoms with Crippen molar-refractivity contribution in [1.82, 2.24) is 5.32 Å². The van der Waals surface area contributed by atoms with E-state index in [0.717, 1.165) is 18.5 Å². The lowest BCUT2D eigenvalue weighted by Gasteiger charge is -2.06. The minimum absolute atomic E-state index is 0.176. The van der Waals surface area contributed by atoms with Crippen molar-refractivity contribution in [3.63, 3.8) is 0 Å². The van der Waals surface area contributed by atoms with Crippen LogP contribution in [-0.4, -0.2) is 15.0 Å². The third kappa shape index (κ3) is 6.71. The van der Waals surface area contributed by atoms with Gasteiger partial charge in [-0.3, -0.25) is 0 Å². The van der Waals surface area contributed by atoms with Gasteiger partial charge in [-0.25, -0.2) is 13.6 Å². The van der Waals surface area contributed by atoms with Gasteiger partial charge in [-0.1, -0.05) is 44.7 Å². The molecule has 0 aliphatic heterocycles. The maximum Gasteiger partial charge on any atom is 0.238 e. The molecule has 0 unspecified atom stereocenters. The Labute approximate surface area is 116 Å². The third-order valence-corrected chi connectivity index (χ3v) is 3.92. The second kappa shape index (κ2) is 8.30. The zero-order valence-corrected chi connectivity index (χ0v) is 12.4. The SMILES string of the molecule is CCCCCCCNCc1cccc(S(N)(=O)=O)c1. The van der Waals surface area contributed by atoms with Crippen LogP contribution in [0.4, 0.5) is 0 Å². The molecule has 0 fully saturated rings. The standard InChI is InChI=1S/C14H24N2O2S/c1-2-3-4-5-6-10-16-12-13-8-7-9-14(11-13)19(15,17)18/h7-9,11,16H,2-6,10,12H2,1H3,(H2,15,17,18). The molecule has 1 rings (SSSR count). The predicted octanol–water partition coefficient (Wildman–Crippen LogP) is 2.39. The summed E-state index contributed by atoms with van der Waals surface area (Å²) in [6.07, 6.45) is 6.26. The van der Waals surface area contributed by atoms with Gasteiger partial charge in [-0.2, -0.15) is 0 Å². The molecule has 0 amide bonds. The summed E-state index contributed by atoms with van der Waals surface area (Å²) in [7, 11) is -3.60. The van der Waals surface area contributed by atoms with Gasteiger partial charge in [0, 0.05) is 6.54 Å². The van der Waals surface area contributed by atoms with Gasteiger partial charge in [0.25, 0.3) is 0 Å². The Hall–Kier alpha value is -0.910. The Morgan fingerprint density at radius 3 is 2.58 bits per heavy atom. The van der Waals surface area contributed by atoms with E-state index in [-0.39, 0.29) is 4.90 Å². The first-order valence-electron chi connectivity index (χ1n) is 6.86. The topological polar surface area (TPSA) is 72.2 Å². The second-order valence-electron chi connectivity index (χ2n) is 4.78. The highest BCUT2D eigenvalue weighted by molar-refractivity contribution is 7.89. The zero-order chi connectivity index (χ0) is 14.1. The van der Waals surface area contributed by atoms with E-state index in [1.165, 1.54) is 31.7 Å². The number of rotatable bonds is 9. The molecule has 0 saturated heterocycles. The summed E-state index contributed by atoms with van der Waals surface area (Å²) in [5.41, 5.74) is 0.945. The average Bonchev–Trinajstić information content (AvgIpc) is 2.37. The number of sulfonamides is 1. The fraction of sp³-hybridized carbons (Fsp3) is 0.571. The Bertz CT molecular complexity index is 472. The van der Waals surface area contributed by atoms with Crippen molar-refractivity contribution in [2.75, 3.05) is 6.54 Å². The minimum Gasteiger partial charge on any atom is -0.313 e. The molecule has 0 aromatic heterocycles. The van der Waals surface area contributed by atoms with E-state index in [2.05, 4.69) is 12.2 Å². The predicted molar refractivity (Wildman–Crippen MR) is 78.3 cm³/mol. The van der Waals surface area contributed by atoms with Crippen LogP contribution in [-0.2, 0) is 16.6 Å². The molecule has 3 N–H and O–H groups in total. The first kappa shape index (κ1) is 16.1. The molecule has 0 atom stereocenters.